The summed E-state index contributed by atoms with van der Waals surface area (Å²) in [6.45, 7) is 1.62. The molecule has 3 aromatic rings. The first kappa shape index (κ1) is 20.0. The van der Waals surface area contributed by atoms with Crippen molar-refractivity contribution in [2.75, 3.05) is 23.3 Å². The van der Waals surface area contributed by atoms with E-state index in [1.54, 1.807) is 12.4 Å². The van der Waals surface area contributed by atoms with Gasteiger partial charge in [0.2, 0.25) is 0 Å². The van der Waals surface area contributed by atoms with E-state index < -0.39 is 6.10 Å². The lowest BCUT2D eigenvalue weighted by Gasteiger charge is -2.37. The maximum atomic E-state index is 12.5. The molecule has 5 rings (SSSR count). The number of nitrogens with one attached hydrogen (secondary N) is 2. The molecule has 1 saturated carbocycles. The van der Waals surface area contributed by atoms with Crippen LogP contribution in [0.5, 0.6) is 0 Å². The van der Waals surface area contributed by atoms with Crippen LogP contribution in [0.4, 0.5) is 11.6 Å². The van der Waals surface area contributed by atoms with Crippen molar-refractivity contribution in [3.05, 3.63) is 41.1 Å². The molecule has 0 spiro atoms. The Labute approximate surface area is 180 Å². The normalized spacial score (nSPS) is 24.4. The first-order valence-electron chi connectivity index (χ1n) is 11.3. The fourth-order valence-corrected chi connectivity index (χ4v) is 4.93. The third-order valence-electron chi connectivity index (χ3n) is 6.60. The summed E-state index contributed by atoms with van der Waals surface area (Å²) >= 11 is 0. The average molecular weight is 424 g/mol. The molecule has 0 aromatic carbocycles. The number of aromatic nitrogens is 5. The monoisotopic (exact) mass is 423 g/mol. The van der Waals surface area contributed by atoms with E-state index in [4.69, 9.17) is 5.10 Å². The minimum absolute atomic E-state index is 0.141. The number of fused-ring (bicyclic) bond motifs is 1. The first-order chi connectivity index (χ1) is 15.2. The topological polar surface area (TPSA) is 112 Å². The van der Waals surface area contributed by atoms with Gasteiger partial charge in [-0.25, -0.2) is 14.6 Å². The molecule has 3 atom stereocenters. The van der Waals surface area contributed by atoms with Gasteiger partial charge in [-0.3, -0.25) is 4.79 Å². The number of hydrogen-bond acceptors (Lipinski definition) is 7. The van der Waals surface area contributed by atoms with Gasteiger partial charge in [0, 0.05) is 31.4 Å². The highest BCUT2D eigenvalue weighted by molar-refractivity contribution is 5.86. The summed E-state index contributed by atoms with van der Waals surface area (Å²) in [5.74, 6) is 1.62. The number of rotatable bonds is 5. The highest BCUT2D eigenvalue weighted by atomic mass is 16.3. The maximum absolute atomic E-state index is 12.5. The highest BCUT2D eigenvalue weighted by Crippen LogP contribution is 2.29. The third-order valence-corrected chi connectivity index (χ3v) is 6.60. The minimum Gasteiger partial charge on any atom is -0.391 e. The van der Waals surface area contributed by atoms with E-state index in [2.05, 4.69) is 25.2 Å². The van der Waals surface area contributed by atoms with Crippen LogP contribution in [0, 0.1) is 0 Å². The van der Waals surface area contributed by atoms with Gasteiger partial charge in [-0.2, -0.15) is 5.10 Å². The van der Waals surface area contributed by atoms with Gasteiger partial charge in [0.05, 0.1) is 17.5 Å². The van der Waals surface area contributed by atoms with Crippen molar-refractivity contribution in [3.63, 3.8) is 0 Å². The Hall–Kier alpha value is -2.94. The fraction of sp³-hybridized carbons (Fsp3) is 0.545. The zero-order valence-electron chi connectivity index (χ0n) is 17.6. The number of piperidine rings is 1. The molecule has 1 aliphatic heterocycles. The summed E-state index contributed by atoms with van der Waals surface area (Å²) in [6, 6.07) is 5.40. The predicted octanol–water partition coefficient (Wildman–Crippen LogP) is 2.46. The second-order valence-corrected chi connectivity index (χ2v) is 8.58. The average Bonchev–Trinajstić information content (AvgIpc) is 3.28. The van der Waals surface area contributed by atoms with Crippen molar-refractivity contribution in [2.45, 2.75) is 63.1 Å². The largest absolute Gasteiger partial charge is 0.391 e. The summed E-state index contributed by atoms with van der Waals surface area (Å²) < 4.78 is 1.52. The van der Waals surface area contributed by atoms with Crippen LogP contribution in [0.15, 0.2) is 35.5 Å². The molecule has 164 valence electrons. The number of aromatic amines is 1. The molecule has 31 heavy (non-hydrogen) atoms. The lowest BCUT2D eigenvalue weighted by Crippen LogP contribution is -2.45. The van der Waals surface area contributed by atoms with E-state index in [0.717, 1.165) is 80.7 Å². The van der Waals surface area contributed by atoms with E-state index >= 15 is 0 Å². The molecule has 3 unspecified atom stereocenters. The molecule has 0 amide bonds. The van der Waals surface area contributed by atoms with Gasteiger partial charge in [-0.15, -0.1) is 0 Å². The number of H-pyrrole nitrogens is 1. The summed E-state index contributed by atoms with van der Waals surface area (Å²) in [7, 11) is 0. The lowest BCUT2D eigenvalue weighted by molar-refractivity contribution is 0.0669. The molecule has 2 fully saturated rings. The molecular weight excluding hydrogens is 394 g/mol. The van der Waals surface area contributed by atoms with E-state index in [0.29, 0.717) is 0 Å². The van der Waals surface area contributed by atoms with Gasteiger partial charge < -0.3 is 20.3 Å². The molecule has 1 saturated heterocycles. The summed E-state index contributed by atoms with van der Waals surface area (Å²) in [5, 5.41) is 19.6. The number of anilines is 2. The Balaban J connectivity index is 1.37. The summed E-state index contributed by atoms with van der Waals surface area (Å²) in [6.07, 6.45) is 9.76. The quantitative estimate of drug-likeness (QED) is 0.578. The van der Waals surface area contributed by atoms with Crippen molar-refractivity contribution < 1.29 is 5.11 Å². The fourth-order valence-electron chi connectivity index (χ4n) is 4.93. The SMILES string of the molecule is O=c1ccc(N2CCCCC2CNc2ncnc3[nH]ccc23)nn1C1CCCCC1O. The van der Waals surface area contributed by atoms with Gasteiger partial charge in [0.15, 0.2) is 0 Å². The Kier molecular flexibility index (Phi) is 5.59. The van der Waals surface area contributed by atoms with Crippen LogP contribution in [0.2, 0.25) is 0 Å². The second-order valence-electron chi connectivity index (χ2n) is 8.58. The van der Waals surface area contributed by atoms with Crippen LogP contribution in [0.25, 0.3) is 11.0 Å². The zero-order chi connectivity index (χ0) is 21.2. The Morgan fingerprint density at radius 3 is 2.87 bits per heavy atom. The van der Waals surface area contributed by atoms with Crippen molar-refractivity contribution in [1.82, 2.24) is 24.7 Å². The van der Waals surface area contributed by atoms with Gasteiger partial charge in [0.1, 0.15) is 23.6 Å². The van der Waals surface area contributed by atoms with E-state index in [1.807, 2.05) is 18.3 Å². The van der Waals surface area contributed by atoms with Gasteiger partial charge in [-0.1, -0.05) is 12.8 Å². The van der Waals surface area contributed by atoms with Crippen molar-refractivity contribution in [2.24, 2.45) is 0 Å². The van der Waals surface area contributed by atoms with E-state index in [-0.39, 0.29) is 17.6 Å². The van der Waals surface area contributed by atoms with Crippen LogP contribution in [-0.4, -0.2) is 55.1 Å². The number of nitrogens with zero attached hydrogens (tertiary/aromatic N) is 5. The summed E-state index contributed by atoms with van der Waals surface area (Å²) in [5.41, 5.74) is 0.676. The molecule has 0 bridgehead atoms. The Bertz CT molecular complexity index is 1090. The predicted molar refractivity (Wildman–Crippen MR) is 119 cm³/mol. The van der Waals surface area contributed by atoms with Gasteiger partial charge >= 0.3 is 0 Å². The van der Waals surface area contributed by atoms with Crippen LogP contribution in [0.1, 0.15) is 51.0 Å². The Morgan fingerprint density at radius 2 is 1.97 bits per heavy atom. The molecule has 9 nitrogen and oxygen atoms in total. The molecule has 4 heterocycles. The summed E-state index contributed by atoms with van der Waals surface area (Å²) in [4.78, 5) is 26.6. The van der Waals surface area contributed by atoms with Crippen molar-refractivity contribution >= 4 is 22.7 Å². The van der Waals surface area contributed by atoms with E-state index in [1.165, 1.54) is 4.68 Å². The zero-order valence-corrected chi connectivity index (χ0v) is 17.6. The standard InChI is InChI=1S/C22H29N7O2/c30-18-7-2-1-6-17(18)29-20(31)9-8-19(27-29)28-12-4-3-5-15(28)13-24-22-16-10-11-23-21(16)25-14-26-22/h8-11,14-15,17-18,30H,1-7,12-13H2,(H2,23,24,25,26). The van der Waals surface area contributed by atoms with Crippen molar-refractivity contribution in [1.29, 1.82) is 0 Å². The molecule has 3 N–H and O–H groups in total. The first-order valence-corrected chi connectivity index (χ1v) is 11.3. The van der Waals surface area contributed by atoms with Crippen LogP contribution in [-0.2, 0) is 0 Å². The van der Waals surface area contributed by atoms with Crippen LogP contribution in [0.3, 0.4) is 0 Å². The molecule has 9 heteroatoms. The smallest absolute Gasteiger partial charge is 0.267 e. The number of hydrogen-bond donors (Lipinski definition) is 3. The third kappa shape index (κ3) is 4.01. The van der Waals surface area contributed by atoms with Crippen LogP contribution < -0.4 is 15.8 Å². The lowest BCUT2D eigenvalue weighted by atomic mass is 9.93. The van der Waals surface area contributed by atoms with Gasteiger partial charge in [0.25, 0.3) is 5.56 Å². The Morgan fingerprint density at radius 1 is 1.10 bits per heavy atom. The molecule has 2 aliphatic rings. The second kappa shape index (κ2) is 8.66. The van der Waals surface area contributed by atoms with Gasteiger partial charge in [-0.05, 0) is 44.2 Å². The number of aliphatic hydroxyl groups excluding tert-OH is 1. The number of aliphatic hydroxyl groups is 1. The molecule has 1 aliphatic carbocycles. The molecular formula is C22H29N7O2. The minimum atomic E-state index is -0.505. The highest BCUT2D eigenvalue weighted by Gasteiger charge is 2.29. The maximum Gasteiger partial charge on any atom is 0.267 e. The van der Waals surface area contributed by atoms with Crippen molar-refractivity contribution in [3.8, 4) is 0 Å². The molecule has 0 radical (unpaired) electrons. The molecule has 3 aromatic heterocycles. The van der Waals surface area contributed by atoms with E-state index in [9.17, 15) is 9.90 Å². The van der Waals surface area contributed by atoms with Crippen LogP contribution >= 0.6 is 0 Å².